The van der Waals surface area contributed by atoms with Crippen LogP contribution in [0.1, 0.15) is 40.7 Å². The van der Waals surface area contributed by atoms with Gasteiger partial charge < -0.3 is 9.88 Å². The molecule has 6 rings (SSSR count). The number of hydrogen-bond acceptors (Lipinski definition) is 3. The maximum Gasteiger partial charge on any atom is 0.133 e. The number of aromatic nitrogens is 3. The topological polar surface area (TPSA) is 42.7 Å². The van der Waals surface area contributed by atoms with E-state index in [1.807, 2.05) is 0 Å². The number of anilines is 1. The SMILES string of the molecule is c1ccc(CCc2nnc(CCC3CNc4ccccc43)n2Cc2cccc3ccccc23)cc1. The van der Waals surface area contributed by atoms with Crippen molar-refractivity contribution in [1.82, 2.24) is 14.8 Å². The van der Waals surface area contributed by atoms with Crippen molar-refractivity contribution in [2.24, 2.45) is 0 Å². The molecule has 1 aliphatic heterocycles. The lowest BCUT2D eigenvalue weighted by molar-refractivity contribution is 0.614. The molecule has 1 N–H and O–H groups in total. The van der Waals surface area contributed by atoms with Crippen molar-refractivity contribution in [1.29, 1.82) is 0 Å². The second-order valence-electron chi connectivity index (χ2n) is 9.45. The first kappa shape index (κ1) is 21.6. The molecule has 4 heteroatoms. The summed E-state index contributed by atoms with van der Waals surface area (Å²) in [6, 6.07) is 34.6. The van der Waals surface area contributed by atoms with E-state index in [0.29, 0.717) is 5.92 Å². The van der Waals surface area contributed by atoms with Crippen molar-refractivity contribution >= 4 is 16.5 Å². The van der Waals surface area contributed by atoms with Crippen molar-refractivity contribution in [3.63, 3.8) is 0 Å². The molecule has 0 saturated carbocycles. The summed E-state index contributed by atoms with van der Waals surface area (Å²) in [5, 5.41) is 15.6. The smallest absolute Gasteiger partial charge is 0.133 e. The minimum Gasteiger partial charge on any atom is -0.384 e. The van der Waals surface area contributed by atoms with Crippen molar-refractivity contribution < 1.29 is 0 Å². The van der Waals surface area contributed by atoms with Gasteiger partial charge in [-0.2, -0.15) is 0 Å². The van der Waals surface area contributed by atoms with Crippen molar-refractivity contribution in [3.05, 3.63) is 125 Å². The molecule has 0 radical (unpaired) electrons. The van der Waals surface area contributed by atoms with Crippen LogP contribution >= 0.6 is 0 Å². The maximum absolute atomic E-state index is 4.71. The Morgan fingerprint density at radius 1 is 0.714 bits per heavy atom. The molecule has 0 amide bonds. The number of hydrogen-bond donors (Lipinski definition) is 1. The normalized spacial score (nSPS) is 14.7. The molecule has 4 nitrogen and oxygen atoms in total. The van der Waals surface area contributed by atoms with Crippen LogP contribution in [-0.2, 0) is 25.8 Å². The Hall–Kier alpha value is -3.92. The van der Waals surface area contributed by atoms with E-state index in [4.69, 9.17) is 10.2 Å². The summed E-state index contributed by atoms with van der Waals surface area (Å²) in [6.07, 6.45) is 3.84. The van der Waals surface area contributed by atoms with Crippen LogP contribution in [0.5, 0.6) is 0 Å². The third-order valence-electron chi connectivity index (χ3n) is 7.25. The lowest BCUT2D eigenvalue weighted by atomic mass is 9.96. The second-order valence-corrected chi connectivity index (χ2v) is 9.45. The van der Waals surface area contributed by atoms with E-state index in [9.17, 15) is 0 Å². The molecule has 1 unspecified atom stereocenters. The zero-order valence-electron chi connectivity index (χ0n) is 19.9. The minimum absolute atomic E-state index is 0.515. The van der Waals surface area contributed by atoms with Gasteiger partial charge in [0.2, 0.25) is 0 Å². The quantitative estimate of drug-likeness (QED) is 0.292. The standard InChI is InChI=1S/C31H30N4/c1-2-9-23(10-3-1)17-19-30-33-34-31(20-18-25-21-32-29-16-7-6-15-28(25)29)35(30)22-26-13-8-12-24-11-4-5-14-27(24)26/h1-16,25,32H,17-22H2. The lowest BCUT2D eigenvalue weighted by Gasteiger charge is -2.14. The Morgan fingerprint density at radius 3 is 2.37 bits per heavy atom. The predicted molar refractivity (Wildman–Crippen MR) is 143 cm³/mol. The highest BCUT2D eigenvalue weighted by molar-refractivity contribution is 5.85. The molecule has 2 heterocycles. The molecule has 0 spiro atoms. The fourth-order valence-electron chi connectivity index (χ4n) is 5.34. The summed E-state index contributed by atoms with van der Waals surface area (Å²) in [6.45, 7) is 1.80. The molecular formula is C31H30N4. The van der Waals surface area contributed by atoms with Gasteiger partial charge >= 0.3 is 0 Å². The summed E-state index contributed by atoms with van der Waals surface area (Å²) in [5.74, 6) is 2.67. The minimum atomic E-state index is 0.515. The molecule has 0 fully saturated rings. The largest absolute Gasteiger partial charge is 0.384 e. The highest BCUT2D eigenvalue weighted by Crippen LogP contribution is 2.34. The van der Waals surface area contributed by atoms with E-state index in [0.717, 1.165) is 50.4 Å². The zero-order chi connectivity index (χ0) is 23.5. The van der Waals surface area contributed by atoms with Gasteiger partial charge in [0.1, 0.15) is 11.6 Å². The van der Waals surface area contributed by atoms with E-state index in [1.54, 1.807) is 0 Å². The number of fused-ring (bicyclic) bond motifs is 2. The van der Waals surface area contributed by atoms with Crippen molar-refractivity contribution in [3.8, 4) is 0 Å². The van der Waals surface area contributed by atoms with Crippen LogP contribution in [0.3, 0.4) is 0 Å². The van der Waals surface area contributed by atoms with Gasteiger partial charge in [0.05, 0.1) is 6.54 Å². The van der Waals surface area contributed by atoms with Crippen LogP contribution < -0.4 is 5.32 Å². The third kappa shape index (κ3) is 4.57. The van der Waals surface area contributed by atoms with Crippen LogP contribution in [0.15, 0.2) is 97.1 Å². The van der Waals surface area contributed by atoms with Gasteiger partial charge in [-0.25, -0.2) is 0 Å². The molecule has 1 aliphatic rings. The molecule has 4 aromatic carbocycles. The Morgan fingerprint density at radius 2 is 1.46 bits per heavy atom. The number of benzene rings is 4. The highest BCUT2D eigenvalue weighted by atomic mass is 15.3. The molecular weight excluding hydrogens is 428 g/mol. The summed E-state index contributed by atoms with van der Waals surface area (Å²) >= 11 is 0. The molecule has 1 atom stereocenters. The average molecular weight is 459 g/mol. The molecule has 0 saturated heterocycles. The number of nitrogens with zero attached hydrogens (tertiary/aromatic N) is 3. The maximum atomic E-state index is 4.71. The number of nitrogens with one attached hydrogen (secondary N) is 1. The zero-order valence-corrected chi connectivity index (χ0v) is 19.9. The Kier molecular flexibility index (Phi) is 6.02. The van der Waals surface area contributed by atoms with Gasteiger partial charge in [-0.3, -0.25) is 0 Å². The molecule has 1 aromatic heterocycles. The van der Waals surface area contributed by atoms with Gasteiger partial charge in [0, 0.05) is 31.0 Å². The monoisotopic (exact) mass is 458 g/mol. The Labute approximate surface area is 206 Å². The fraction of sp³-hybridized carbons (Fsp3) is 0.226. The second kappa shape index (κ2) is 9.75. The average Bonchev–Trinajstić information content (AvgIpc) is 3.50. The van der Waals surface area contributed by atoms with Crippen LogP contribution in [0.4, 0.5) is 5.69 Å². The van der Waals surface area contributed by atoms with E-state index in [-0.39, 0.29) is 0 Å². The number of rotatable bonds is 8. The molecule has 174 valence electrons. The highest BCUT2D eigenvalue weighted by Gasteiger charge is 2.23. The number of para-hydroxylation sites is 1. The van der Waals surface area contributed by atoms with Crippen molar-refractivity contribution in [2.45, 2.75) is 38.1 Å². The number of aryl methyl sites for hydroxylation is 3. The van der Waals surface area contributed by atoms with Crippen LogP contribution in [0.25, 0.3) is 10.8 Å². The van der Waals surface area contributed by atoms with Gasteiger partial charge in [0.25, 0.3) is 0 Å². The summed E-state index contributed by atoms with van der Waals surface area (Å²) in [7, 11) is 0. The predicted octanol–water partition coefficient (Wildman–Crippen LogP) is 6.41. The fourth-order valence-corrected chi connectivity index (χ4v) is 5.34. The first-order chi connectivity index (χ1) is 17.3. The molecule has 5 aromatic rings. The summed E-state index contributed by atoms with van der Waals surface area (Å²) < 4.78 is 2.37. The summed E-state index contributed by atoms with van der Waals surface area (Å²) in [4.78, 5) is 0. The first-order valence-electron chi connectivity index (χ1n) is 12.6. The summed E-state index contributed by atoms with van der Waals surface area (Å²) in [5.41, 5.74) is 5.36. The van der Waals surface area contributed by atoms with Crippen LogP contribution in [0, 0.1) is 0 Å². The van der Waals surface area contributed by atoms with Gasteiger partial charge in [-0.1, -0.05) is 91.0 Å². The van der Waals surface area contributed by atoms with E-state index in [1.165, 1.54) is 33.2 Å². The van der Waals surface area contributed by atoms with E-state index >= 15 is 0 Å². The lowest BCUT2D eigenvalue weighted by Crippen LogP contribution is -2.12. The van der Waals surface area contributed by atoms with Crippen molar-refractivity contribution in [2.75, 3.05) is 11.9 Å². The van der Waals surface area contributed by atoms with Gasteiger partial charge in [0.15, 0.2) is 0 Å². The Bertz CT molecular complexity index is 1430. The molecule has 35 heavy (non-hydrogen) atoms. The van der Waals surface area contributed by atoms with Crippen LogP contribution in [-0.4, -0.2) is 21.3 Å². The van der Waals surface area contributed by atoms with Gasteiger partial charge in [-0.15, -0.1) is 10.2 Å². The van der Waals surface area contributed by atoms with E-state index < -0.39 is 0 Å². The molecule has 0 aliphatic carbocycles. The molecule has 0 bridgehead atoms. The van der Waals surface area contributed by atoms with Crippen LogP contribution in [0.2, 0.25) is 0 Å². The Balaban J connectivity index is 1.28. The van der Waals surface area contributed by atoms with Gasteiger partial charge in [-0.05, 0) is 46.4 Å². The van der Waals surface area contributed by atoms with E-state index in [2.05, 4.69) is 107 Å². The third-order valence-corrected chi connectivity index (χ3v) is 7.25. The first-order valence-corrected chi connectivity index (χ1v) is 12.6.